The van der Waals surface area contributed by atoms with Crippen LogP contribution < -0.4 is 20.9 Å². The van der Waals surface area contributed by atoms with E-state index in [1.54, 1.807) is 43.0 Å². The minimum atomic E-state index is -0.662. The van der Waals surface area contributed by atoms with Crippen LogP contribution in [-0.2, 0) is 4.79 Å². The number of hydrogen-bond acceptors (Lipinski definition) is 6. The zero-order valence-electron chi connectivity index (χ0n) is 16.4. The third-order valence-electron chi connectivity index (χ3n) is 4.52. The number of para-hydroxylation sites is 1. The van der Waals surface area contributed by atoms with Gasteiger partial charge < -0.3 is 15.4 Å². The molecule has 152 valence electrons. The molecule has 0 spiro atoms. The molecular formula is C21H20N6O3. The molecule has 1 atom stereocenters. The molecule has 0 bridgehead atoms. The standard InChI is InChI=1S/C21H20N6O3/c1-13(19(28)24-14-7-6-10-16(11-14)30-2)23-21-25-18-17(20(29)26-21)12-22-27(18)15-8-4-3-5-9-15/h3-13H,1-2H3,(H,24,28)(H2,23,25,26,29). The Morgan fingerprint density at radius 2 is 1.97 bits per heavy atom. The van der Waals surface area contributed by atoms with Gasteiger partial charge >= 0.3 is 0 Å². The number of carbonyl (C=O) groups excluding carboxylic acids is 1. The van der Waals surface area contributed by atoms with Crippen LogP contribution in [0.15, 0.2) is 65.6 Å². The summed E-state index contributed by atoms with van der Waals surface area (Å²) in [5.41, 5.74) is 1.44. The number of fused-ring (bicyclic) bond motifs is 1. The summed E-state index contributed by atoms with van der Waals surface area (Å²) in [6, 6.07) is 15.8. The molecular weight excluding hydrogens is 384 g/mol. The average molecular weight is 404 g/mol. The fourth-order valence-electron chi connectivity index (χ4n) is 2.97. The Hall–Kier alpha value is -4.14. The van der Waals surface area contributed by atoms with Gasteiger partial charge in [-0.05, 0) is 31.2 Å². The molecule has 4 rings (SSSR count). The number of aromatic amines is 1. The van der Waals surface area contributed by atoms with E-state index in [2.05, 4.69) is 25.7 Å². The summed E-state index contributed by atoms with van der Waals surface area (Å²) in [5, 5.41) is 10.4. The van der Waals surface area contributed by atoms with E-state index < -0.39 is 6.04 Å². The topological polar surface area (TPSA) is 114 Å². The van der Waals surface area contributed by atoms with Crippen LogP contribution in [-0.4, -0.2) is 38.8 Å². The van der Waals surface area contributed by atoms with Gasteiger partial charge in [0.05, 0.1) is 19.0 Å². The molecule has 0 aliphatic carbocycles. The summed E-state index contributed by atoms with van der Waals surface area (Å²) < 4.78 is 6.74. The minimum Gasteiger partial charge on any atom is -0.497 e. The van der Waals surface area contributed by atoms with Crippen molar-refractivity contribution in [3.63, 3.8) is 0 Å². The SMILES string of the molecule is COc1cccc(NC(=O)C(C)Nc2nc3c(cnn3-c3ccccc3)c(=O)[nH]2)c1. The average Bonchev–Trinajstić information content (AvgIpc) is 3.19. The van der Waals surface area contributed by atoms with E-state index in [1.807, 2.05) is 30.3 Å². The van der Waals surface area contributed by atoms with Gasteiger partial charge in [0.25, 0.3) is 5.56 Å². The highest BCUT2D eigenvalue weighted by Crippen LogP contribution is 2.18. The zero-order chi connectivity index (χ0) is 21.1. The Balaban J connectivity index is 1.57. The van der Waals surface area contributed by atoms with Crippen LogP contribution in [0.4, 0.5) is 11.6 Å². The van der Waals surface area contributed by atoms with Crippen LogP contribution >= 0.6 is 0 Å². The zero-order valence-corrected chi connectivity index (χ0v) is 16.4. The van der Waals surface area contributed by atoms with Crippen molar-refractivity contribution in [1.82, 2.24) is 19.7 Å². The number of nitrogens with one attached hydrogen (secondary N) is 3. The maximum Gasteiger partial charge on any atom is 0.263 e. The quantitative estimate of drug-likeness (QED) is 0.455. The van der Waals surface area contributed by atoms with Gasteiger partial charge in [-0.25, -0.2) is 4.68 Å². The number of ether oxygens (including phenoxy) is 1. The Morgan fingerprint density at radius 3 is 2.73 bits per heavy atom. The van der Waals surface area contributed by atoms with Crippen molar-refractivity contribution in [3.8, 4) is 11.4 Å². The molecule has 0 aliphatic heterocycles. The van der Waals surface area contributed by atoms with E-state index in [4.69, 9.17) is 4.74 Å². The number of aromatic nitrogens is 4. The van der Waals surface area contributed by atoms with Gasteiger partial charge in [0.2, 0.25) is 11.9 Å². The number of rotatable bonds is 6. The highest BCUT2D eigenvalue weighted by molar-refractivity contribution is 5.96. The first-order chi connectivity index (χ1) is 14.5. The van der Waals surface area contributed by atoms with Crippen molar-refractivity contribution in [3.05, 3.63) is 71.1 Å². The summed E-state index contributed by atoms with van der Waals surface area (Å²) in [6.07, 6.45) is 1.47. The predicted molar refractivity (Wildman–Crippen MR) is 114 cm³/mol. The van der Waals surface area contributed by atoms with E-state index in [1.165, 1.54) is 6.20 Å². The number of carbonyl (C=O) groups is 1. The molecule has 0 fully saturated rings. The molecule has 9 heteroatoms. The van der Waals surface area contributed by atoms with Gasteiger partial charge in [-0.2, -0.15) is 10.1 Å². The molecule has 2 aromatic heterocycles. The van der Waals surface area contributed by atoms with Crippen LogP contribution in [0.3, 0.4) is 0 Å². The highest BCUT2D eigenvalue weighted by Gasteiger charge is 2.17. The van der Waals surface area contributed by atoms with Gasteiger partial charge in [-0.3, -0.25) is 14.6 Å². The molecule has 30 heavy (non-hydrogen) atoms. The molecule has 9 nitrogen and oxygen atoms in total. The summed E-state index contributed by atoms with van der Waals surface area (Å²) in [7, 11) is 1.56. The minimum absolute atomic E-state index is 0.179. The largest absolute Gasteiger partial charge is 0.497 e. The van der Waals surface area contributed by atoms with Crippen molar-refractivity contribution in [2.24, 2.45) is 0 Å². The molecule has 0 radical (unpaired) electrons. The maximum atomic E-state index is 12.6. The number of benzene rings is 2. The van der Waals surface area contributed by atoms with Crippen LogP contribution in [0.2, 0.25) is 0 Å². The lowest BCUT2D eigenvalue weighted by Crippen LogP contribution is -2.33. The van der Waals surface area contributed by atoms with E-state index in [-0.39, 0.29) is 17.4 Å². The molecule has 1 amide bonds. The van der Waals surface area contributed by atoms with Gasteiger partial charge in [0.15, 0.2) is 5.65 Å². The smallest absolute Gasteiger partial charge is 0.263 e. The number of H-pyrrole nitrogens is 1. The second kappa shape index (κ2) is 8.08. The molecule has 0 saturated heterocycles. The third kappa shape index (κ3) is 3.86. The van der Waals surface area contributed by atoms with Crippen molar-refractivity contribution in [2.75, 3.05) is 17.7 Å². The number of nitrogens with zero attached hydrogens (tertiary/aromatic N) is 3. The summed E-state index contributed by atoms with van der Waals surface area (Å²) >= 11 is 0. The molecule has 2 heterocycles. The lowest BCUT2D eigenvalue weighted by molar-refractivity contribution is -0.116. The lowest BCUT2D eigenvalue weighted by atomic mass is 10.2. The second-order valence-corrected chi connectivity index (χ2v) is 6.63. The van der Waals surface area contributed by atoms with E-state index in [0.29, 0.717) is 22.5 Å². The van der Waals surface area contributed by atoms with Crippen LogP contribution in [0, 0.1) is 0 Å². The van der Waals surface area contributed by atoms with Crippen molar-refractivity contribution >= 4 is 28.6 Å². The first kappa shape index (κ1) is 19.2. The second-order valence-electron chi connectivity index (χ2n) is 6.63. The number of methoxy groups -OCH3 is 1. The first-order valence-corrected chi connectivity index (χ1v) is 9.30. The molecule has 3 N–H and O–H groups in total. The van der Waals surface area contributed by atoms with Crippen molar-refractivity contribution in [2.45, 2.75) is 13.0 Å². The summed E-state index contributed by atoms with van der Waals surface area (Å²) in [4.78, 5) is 32.1. The van der Waals surface area contributed by atoms with E-state index in [9.17, 15) is 9.59 Å². The molecule has 0 saturated carbocycles. The first-order valence-electron chi connectivity index (χ1n) is 9.30. The molecule has 0 aliphatic rings. The van der Waals surface area contributed by atoms with E-state index in [0.717, 1.165) is 5.69 Å². The summed E-state index contributed by atoms with van der Waals surface area (Å²) in [6.45, 7) is 1.67. The fourth-order valence-corrected chi connectivity index (χ4v) is 2.97. The van der Waals surface area contributed by atoms with E-state index >= 15 is 0 Å². The van der Waals surface area contributed by atoms with Gasteiger partial charge in [0.1, 0.15) is 17.2 Å². The number of hydrogen-bond donors (Lipinski definition) is 3. The third-order valence-corrected chi connectivity index (χ3v) is 4.52. The monoisotopic (exact) mass is 404 g/mol. The van der Waals surface area contributed by atoms with Crippen molar-refractivity contribution < 1.29 is 9.53 Å². The van der Waals surface area contributed by atoms with Gasteiger partial charge in [-0.1, -0.05) is 24.3 Å². The summed E-state index contributed by atoms with van der Waals surface area (Å²) in [5.74, 6) is 0.528. The predicted octanol–water partition coefficient (Wildman–Crippen LogP) is 2.56. The fraction of sp³-hybridized carbons (Fsp3) is 0.143. The Labute approximate surface area is 171 Å². The molecule has 4 aromatic rings. The Morgan fingerprint density at radius 1 is 1.17 bits per heavy atom. The Kier molecular flexibility index (Phi) is 5.17. The van der Waals surface area contributed by atoms with Gasteiger partial charge in [0, 0.05) is 11.8 Å². The lowest BCUT2D eigenvalue weighted by Gasteiger charge is -2.15. The Bertz CT molecular complexity index is 1250. The van der Waals surface area contributed by atoms with Crippen LogP contribution in [0.1, 0.15) is 6.92 Å². The number of anilines is 2. The van der Waals surface area contributed by atoms with Gasteiger partial charge in [-0.15, -0.1) is 0 Å². The normalized spacial score (nSPS) is 11.8. The molecule has 1 unspecified atom stereocenters. The van der Waals surface area contributed by atoms with Crippen molar-refractivity contribution in [1.29, 1.82) is 0 Å². The highest BCUT2D eigenvalue weighted by atomic mass is 16.5. The number of amides is 1. The van der Waals surface area contributed by atoms with Crippen LogP contribution in [0.5, 0.6) is 5.75 Å². The van der Waals surface area contributed by atoms with Crippen LogP contribution in [0.25, 0.3) is 16.7 Å². The maximum absolute atomic E-state index is 12.6. The molecule has 2 aromatic carbocycles.